The molecule has 0 aromatic heterocycles. The Morgan fingerprint density at radius 1 is 1.60 bits per heavy atom. The fourth-order valence-electron chi connectivity index (χ4n) is 0.952. The minimum Gasteiger partial charge on any atom is -0.482 e. The minimum atomic E-state index is -0.448. The number of hydrogen-bond acceptors (Lipinski definition) is 5. The molecule has 1 aromatic rings. The van der Waals surface area contributed by atoms with Crippen LogP contribution in [0.2, 0.25) is 0 Å². The maximum absolute atomic E-state index is 10.8. The molecular formula is C10H11NO4. The van der Waals surface area contributed by atoms with Gasteiger partial charge in [0.25, 0.3) is 0 Å². The van der Waals surface area contributed by atoms with Crippen molar-refractivity contribution in [3.8, 4) is 5.75 Å². The summed E-state index contributed by atoms with van der Waals surface area (Å²) in [5.41, 5.74) is 0.680. The van der Waals surface area contributed by atoms with Crippen molar-refractivity contribution >= 4 is 12.2 Å². The standard InChI is InChI=1S/C10H11NO4/c1-14-10(12)7-15-9-4-2-3-8(5-9)6-11-13/h2-6,13H,7H2,1H3/b11-6-. The molecule has 0 atom stereocenters. The first-order chi connectivity index (χ1) is 7.26. The number of rotatable bonds is 4. The molecule has 0 aliphatic rings. The molecule has 0 saturated carbocycles. The minimum absolute atomic E-state index is 0.143. The van der Waals surface area contributed by atoms with Crippen LogP contribution in [0.25, 0.3) is 0 Å². The van der Waals surface area contributed by atoms with Crippen LogP contribution >= 0.6 is 0 Å². The normalized spacial score (nSPS) is 10.2. The summed E-state index contributed by atoms with van der Waals surface area (Å²) in [6.07, 6.45) is 1.27. The molecule has 0 fully saturated rings. The Morgan fingerprint density at radius 2 is 2.40 bits per heavy atom. The fourth-order valence-corrected chi connectivity index (χ4v) is 0.952. The van der Waals surface area contributed by atoms with E-state index in [4.69, 9.17) is 9.94 Å². The summed E-state index contributed by atoms with van der Waals surface area (Å²) in [7, 11) is 1.29. The van der Waals surface area contributed by atoms with Crippen molar-refractivity contribution in [3.63, 3.8) is 0 Å². The second kappa shape index (κ2) is 5.64. The van der Waals surface area contributed by atoms with Crippen LogP contribution in [0.15, 0.2) is 29.4 Å². The summed E-state index contributed by atoms with van der Waals surface area (Å²) in [6, 6.07) is 6.80. The smallest absolute Gasteiger partial charge is 0.343 e. The topological polar surface area (TPSA) is 68.1 Å². The fraction of sp³-hybridized carbons (Fsp3) is 0.200. The molecular weight excluding hydrogens is 198 g/mol. The average Bonchev–Trinajstić information content (AvgIpc) is 2.27. The summed E-state index contributed by atoms with van der Waals surface area (Å²) < 4.78 is 9.55. The van der Waals surface area contributed by atoms with Crippen molar-refractivity contribution in [2.24, 2.45) is 5.16 Å². The van der Waals surface area contributed by atoms with E-state index in [0.717, 1.165) is 0 Å². The highest BCUT2D eigenvalue weighted by Crippen LogP contribution is 2.11. The first kappa shape index (κ1) is 11.0. The van der Waals surface area contributed by atoms with Gasteiger partial charge in [-0.3, -0.25) is 0 Å². The van der Waals surface area contributed by atoms with Gasteiger partial charge in [0.2, 0.25) is 0 Å². The van der Waals surface area contributed by atoms with Crippen LogP contribution in [0.5, 0.6) is 5.75 Å². The van der Waals surface area contributed by atoms with Gasteiger partial charge in [-0.1, -0.05) is 17.3 Å². The lowest BCUT2D eigenvalue weighted by molar-refractivity contribution is -0.142. The zero-order chi connectivity index (χ0) is 11.1. The Hall–Kier alpha value is -2.04. The van der Waals surface area contributed by atoms with Gasteiger partial charge >= 0.3 is 5.97 Å². The third-order valence-electron chi connectivity index (χ3n) is 1.65. The molecule has 1 N–H and O–H groups in total. The van der Waals surface area contributed by atoms with Crippen LogP contribution < -0.4 is 4.74 Å². The number of hydrogen-bond donors (Lipinski definition) is 1. The van der Waals surface area contributed by atoms with E-state index in [1.165, 1.54) is 13.3 Å². The van der Waals surface area contributed by atoms with Crippen LogP contribution in [0.3, 0.4) is 0 Å². The van der Waals surface area contributed by atoms with Gasteiger partial charge in [-0.05, 0) is 17.7 Å². The summed E-state index contributed by atoms with van der Waals surface area (Å²) in [4.78, 5) is 10.8. The summed E-state index contributed by atoms with van der Waals surface area (Å²) in [5, 5.41) is 11.2. The van der Waals surface area contributed by atoms with Gasteiger partial charge < -0.3 is 14.7 Å². The van der Waals surface area contributed by atoms with E-state index in [-0.39, 0.29) is 6.61 Å². The Bertz CT molecular complexity index is 362. The van der Waals surface area contributed by atoms with Gasteiger partial charge in [0.1, 0.15) is 5.75 Å². The number of methoxy groups -OCH3 is 1. The molecule has 0 radical (unpaired) electrons. The van der Waals surface area contributed by atoms with E-state index in [0.29, 0.717) is 11.3 Å². The van der Waals surface area contributed by atoms with Crippen LogP contribution in [0.1, 0.15) is 5.56 Å². The first-order valence-corrected chi connectivity index (χ1v) is 4.23. The van der Waals surface area contributed by atoms with Crippen molar-refractivity contribution in [1.29, 1.82) is 0 Å². The Kier molecular flexibility index (Phi) is 4.15. The average molecular weight is 209 g/mol. The van der Waals surface area contributed by atoms with Gasteiger partial charge in [-0.2, -0.15) is 0 Å². The molecule has 0 saturated heterocycles. The van der Waals surface area contributed by atoms with Crippen molar-refractivity contribution in [1.82, 2.24) is 0 Å². The SMILES string of the molecule is COC(=O)COc1cccc(/C=N\O)c1. The second-order valence-corrected chi connectivity index (χ2v) is 2.68. The van der Waals surface area contributed by atoms with E-state index in [1.54, 1.807) is 24.3 Å². The van der Waals surface area contributed by atoms with E-state index in [1.807, 2.05) is 0 Å². The maximum Gasteiger partial charge on any atom is 0.343 e. The molecule has 0 aliphatic carbocycles. The lowest BCUT2D eigenvalue weighted by Gasteiger charge is -2.04. The highest BCUT2D eigenvalue weighted by Gasteiger charge is 2.01. The zero-order valence-corrected chi connectivity index (χ0v) is 8.21. The molecule has 0 aliphatic heterocycles. The molecule has 15 heavy (non-hydrogen) atoms. The number of carbonyl (C=O) groups excluding carboxylic acids is 1. The van der Waals surface area contributed by atoms with Gasteiger partial charge in [-0.15, -0.1) is 0 Å². The molecule has 1 aromatic carbocycles. The van der Waals surface area contributed by atoms with Crippen LogP contribution in [-0.4, -0.2) is 31.1 Å². The number of esters is 1. The molecule has 5 nitrogen and oxygen atoms in total. The number of ether oxygens (including phenoxy) is 2. The lowest BCUT2D eigenvalue weighted by Crippen LogP contribution is -2.12. The molecule has 80 valence electrons. The largest absolute Gasteiger partial charge is 0.482 e. The van der Waals surface area contributed by atoms with Gasteiger partial charge in [0, 0.05) is 0 Å². The molecule has 0 unspecified atom stereocenters. The van der Waals surface area contributed by atoms with Crippen molar-refractivity contribution in [2.75, 3.05) is 13.7 Å². The Morgan fingerprint density at radius 3 is 3.07 bits per heavy atom. The molecule has 0 bridgehead atoms. The second-order valence-electron chi connectivity index (χ2n) is 2.68. The number of carbonyl (C=O) groups is 1. The third kappa shape index (κ3) is 3.68. The molecule has 0 heterocycles. The zero-order valence-electron chi connectivity index (χ0n) is 8.21. The quantitative estimate of drug-likeness (QED) is 0.348. The van der Waals surface area contributed by atoms with Crippen molar-refractivity contribution in [3.05, 3.63) is 29.8 Å². The number of nitrogens with zero attached hydrogens (tertiary/aromatic N) is 1. The Labute approximate surface area is 86.9 Å². The maximum atomic E-state index is 10.8. The highest BCUT2D eigenvalue weighted by molar-refractivity contribution is 5.79. The van der Waals surface area contributed by atoms with E-state index in [9.17, 15) is 4.79 Å². The number of oxime groups is 1. The lowest BCUT2D eigenvalue weighted by atomic mass is 10.2. The van der Waals surface area contributed by atoms with Crippen molar-refractivity contribution in [2.45, 2.75) is 0 Å². The van der Waals surface area contributed by atoms with Crippen molar-refractivity contribution < 1.29 is 19.5 Å². The van der Waals surface area contributed by atoms with E-state index >= 15 is 0 Å². The van der Waals surface area contributed by atoms with Gasteiger partial charge in [0.15, 0.2) is 6.61 Å². The molecule has 5 heteroatoms. The summed E-state index contributed by atoms with van der Waals surface area (Å²) in [5.74, 6) is 0.0639. The predicted molar refractivity (Wildman–Crippen MR) is 53.3 cm³/mol. The predicted octanol–water partition coefficient (Wildman–Crippen LogP) is 1.05. The third-order valence-corrected chi connectivity index (χ3v) is 1.65. The van der Waals surface area contributed by atoms with Crippen LogP contribution in [0, 0.1) is 0 Å². The van der Waals surface area contributed by atoms with Gasteiger partial charge in [-0.25, -0.2) is 4.79 Å². The monoisotopic (exact) mass is 209 g/mol. The number of benzene rings is 1. The highest BCUT2D eigenvalue weighted by atomic mass is 16.6. The first-order valence-electron chi connectivity index (χ1n) is 4.23. The summed E-state index contributed by atoms with van der Waals surface area (Å²) in [6.45, 7) is -0.143. The van der Waals surface area contributed by atoms with Crippen LogP contribution in [0.4, 0.5) is 0 Å². The molecule has 0 spiro atoms. The molecule has 0 amide bonds. The summed E-state index contributed by atoms with van der Waals surface area (Å²) >= 11 is 0. The van der Waals surface area contributed by atoms with Crippen LogP contribution in [-0.2, 0) is 9.53 Å². The van der Waals surface area contributed by atoms with Gasteiger partial charge in [0.05, 0.1) is 13.3 Å². The Balaban J connectivity index is 2.61. The van der Waals surface area contributed by atoms with E-state index in [2.05, 4.69) is 9.89 Å². The van der Waals surface area contributed by atoms with E-state index < -0.39 is 5.97 Å². The molecule has 1 rings (SSSR count).